The van der Waals surface area contributed by atoms with Crippen LogP contribution in [0, 0.1) is 13.8 Å². The van der Waals surface area contributed by atoms with Gasteiger partial charge in [0.1, 0.15) is 0 Å². The molecule has 7 heteroatoms. The minimum Gasteiger partial charge on any atom is -0.326 e. The van der Waals surface area contributed by atoms with Gasteiger partial charge in [-0.1, -0.05) is 41.4 Å². The van der Waals surface area contributed by atoms with E-state index >= 15 is 0 Å². The van der Waals surface area contributed by atoms with E-state index in [4.69, 9.17) is 11.6 Å². The zero-order valence-corrected chi connectivity index (χ0v) is 16.0. The predicted molar refractivity (Wildman–Crippen MR) is 105 cm³/mol. The van der Waals surface area contributed by atoms with Gasteiger partial charge in [-0.3, -0.25) is 25.2 Å². The number of hydrazine groups is 1. The summed E-state index contributed by atoms with van der Waals surface area (Å²) >= 11 is 5.79. The summed E-state index contributed by atoms with van der Waals surface area (Å²) in [5, 5.41) is 3.37. The van der Waals surface area contributed by atoms with Crippen molar-refractivity contribution >= 4 is 35.0 Å². The third kappa shape index (κ3) is 7.11. The first-order valence-electron chi connectivity index (χ1n) is 8.52. The van der Waals surface area contributed by atoms with Crippen molar-refractivity contribution in [2.24, 2.45) is 0 Å². The second-order valence-electron chi connectivity index (χ2n) is 6.27. The number of nitrogens with one attached hydrogen (secondary N) is 3. The molecule has 0 fully saturated rings. The molecule has 27 heavy (non-hydrogen) atoms. The highest BCUT2D eigenvalue weighted by Gasteiger charge is 2.10. The molecule has 0 unspecified atom stereocenters. The van der Waals surface area contributed by atoms with Crippen molar-refractivity contribution < 1.29 is 14.4 Å². The molecule has 0 aromatic heterocycles. The Bertz CT molecular complexity index is 835. The minimum atomic E-state index is -0.435. The zero-order chi connectivity index (χ0) is 19.8. The zero-order valence-electron chi connectivity index (χ0n) is 15.3. The Hall–Kier alpha value is -2.86. The average molecular weight is 388 g/mol. The molecular weight excluding hydrogens is 366 g/mol. The fourth-order valence-electron chi connectivity index (χ4n) is 2.43. The molecular formula is C20H22ClN3O3. The lowest BCUT2D eigenvalue weighted by molar-refractivity contribution is -0.129. The van der Waals surface area contributed by atoms with Gasteiger partial charge in [0.05, 0.1) is 6.42 Å². The Kier molecular flexibility index (Phi) is 7.37. The molecule has 0 aliphatic rings. The molecule has 0 spiro atoms. The third-order valence-electron chi connectivity index (χ3n) is 3.85. The van der Waals surface area contributed by atoms with Crippen molar-refractivity contribution in [2.75, 3.05) is 5.32 Å². The summed E-state index contributed by atoms with van der Waals surface area (Å²) in [6, 6.07) is 12.6. The summed E-state index contributed by atoms with van der Waals surface area (Å²) in [7, 11) is 0. The first-order valence-corrected chi connectivity index (χ1v) is 8.90. The molecule has 0 aliphatic heterocycles. The summed E-state index contributed by atoms with van der Waals surface area (Å²) < 4.78 is 0. The van der Waals surface area contributed by atoms with Gasteiger partial charge in [0.2, 0.25) is 17.7 Å². The van der Waals surface area contributed by atoms with Crippen molar-refractivity contribution in [3.8, 4) is 0 Å². The molecule has 0 heterocycles. The van der Waals surface area contributed by atoms with Crippen molar-refractivity contribution in [3.05, 3.63) is 64.2 Å². The maximum Gasteiger partial charge on any atom is 0.242 e. The van der Waals surface area contributed by atoms with Crippen LogP contribution in [0.15, 0.2) is 42.5 Å². The van der Waals surface area contributed by atoms with Crippen LogP contribution in [0.4, 0.5) is 5.69 Å². The number of carbonyl (C=O) groups excluding carboxylic acids is 3. The number of hydrogen-bond donors (Lipinski definition) is 3. The number of amides is 3. The molecule has 142 valence electrons. The maximum atomic E-state index is 12.0. The van der Waals surface area contributed by atoms with Crippen LogP contribution in [0.5, 0.6) is 0 Å². The number of halogens is 1. The first kappa shape index (κ1) is 20.5. The van der Waals surface area contributed by atoms with Crippen molar-refractivity contribution in [2.45, 2.75) is 33.1 Å². The van der Waals surface area contributed by atoms with E-state index in [2.05, 4.69) is 16.2 Å². The van der Waals surface area contributed by atoms with Crippen LogP contribution in [0.2, 0.25) is 5.02 Å². The second kappa shape index (κ2) is 9.73. The van der Waals surface area contributed by atoms with E-state index in [1.54, 1.807) is 24.3 Å². The van der Waals surface area contributed by atoms with Crippen LogP contribution in [-0.4, -0.2) is 17.7 Å². The normalized spacial score (nSPS) is 10.2. The van der Waals surface area contributed by atoms with Crippen molar-refractivity contribution in [3.63, 3.8) is 0 Å². The van der Waals surface area contributed by atoms with Crippen LogP contribution >= 0.6 is 11.6 Å². The number of anilines is 1. The Morgan fingerprint density at radius 2 is 1.48 bits per heavy atom. The molecule has 2 aromatic rings. The van der Waals surface area contributed by atoms with E-state index in [0.717, 1.165) is 22.4 Å². The molecule has 0 saturated heterocycles. The number of carbonyl (C=O) groups is 3. The summed E-state index contributed by atoms with van der Waals surface area (Å²) in [5.41, 5.74) is 8.21. The van der Waals surface area contributed by atoms with Gasteiger partial charge in [-0.15, -0.1) is 0 Å². The molecule has 2 aromatic carbocycles. The highest BCUT2D eigenvalue weighted by Crippen LogP contribution is 2.16. The Morgan fingerprint density at radius 3 is 2.15 bits per heavy atom. The van der Waals surface area contributed by atoms with E-state index in [-0.39, 0.29) is 31.1 Å². The summed E-state index contributed by atoms with van der Waals surface area (Å²) in [6.07, 6.45) is 0.106. The molecule has 0 atom stereocenters. The van der Waals surface area contributed by atoms with Gasteiger partial charge in [-0.25, -0.2) is 0 Å². The van der Waals surface area contributed by atoms with Gasteiger partial charge in [0.15, 0.2) is 0 Å². The van der Waals surface area contributed by atoms with Gasteiger partial charge in [0.25, 0.3) is 0 Å². The quantitative estimate of drug-likeness (QED) is 0.665. The van der Waals surface area contributed by atoms with Crippen LogP contribution in [0.25, 0.3) is 0 Å². The minimum absolute atomic E-state index is 0.0200. The van der Waals surface area contributed by atoms with Crippen LogP contribution in [0.1, 0.15) is 29.5 Å². The van der Waals surface area contributed by atoms with Crippen LogP contribution in [-0.2, 0) is 20.8 Å². The lowest BCUT2D eigenvalue weighted by Gasteiger charge is -2.10. The molecule has 0 bridgehead atoms. The Labute approximate surface area is 163 Å². The van der Waals surface area contributed by atoms with Gasteiger partial charge < -0.3 is 5.32 Å². The Morgan fingerprint density at radius 1 is 0.852 bits per heavy atom. The standard InChI is InChI=1S/C20H22ClN3O3/c1-13-3-8-17(14(2)11-13)22-18(25)9-10-19(26)23-24-20(27)12-15-4-6-16(21)7-5-15/h3-8,11H,9-10,12H2,1-2H3,(H,22,25)(H,23,26)(H,24,27). The number of benzene rings is 2. The van der Waals surface area contributed by atoms with Crippen LogP contribution < -0.4 is 16.2 Å². The van der Waals surface area contributed by atoms with Gasteiger partial charge in [-0.05, 0) is 43.2 Å². The summed E-state index contributed by atoms with van der Waals surface area (Å²) in [6.45, 7) is 3.88. The summed E-state index contributed by atoms with van der Waals surface area (Å²) in [5.74, 6) is -1.05. The van der Waals surface area contributed by atoms with Gasteiger partial charge in [-0.2, -0.15) is 0 Å². The average Bonchev–Trinajstić information content (AvgIpc) is 2.62. The monoisotopic (exact) mass is 387 g/mol. The molecule has 0 radical (unpaired) electrons. The fourth-order valence-corrected chi connectivity index (χ4v) is 2.55. The largest absolute Gasteiger partial charge is 0.326 e. The van der Waals surface area contributed by atoms with Gasteiger partial charge in [0, 0.05) is 23.6 Å². The molecule has 3 amide bonds. The predicted octanol–water partition coefficient (Wildman–Crippen LogP) is 3.07. The highest BCUT2D eigenvalue weighted by molar-refractivity contribution is 6.30. The topological polar surface area (TPSA) is 87.3 Å². The molecule has 2 rings (SSSR count). The number of rotatable bonds is 6. The molecule has 6 nitrogen and oxygen atoms in total. The van der Waals surface area contributed by atoms with Crippen molar-refractivity contribution in [1.29, 1.82) is 0 Å². The van der Waals surface area contributed by atoms with Crippen LogP contribution in [0.3, 0.4) is 0 Å². The van der Waals surface area contributed by atoms with Gasteiger partial charge >= 0.3 is 0 Å². The third-order valence-corrected chi connectivity index (χ3v) is 4.11. The fraction of sp³-hybridized carbons (Fsp3) is 0.250. The van der Waals surface area contributed by atoms with E-state index < -0.39 is 5.91 Å². The van der Waals surface area contributed by atoms with E-state index in [1.807, 2.05) is 32.0 Å². The lowest BCUT2D eigenvalue weighted by atomic mass is 10.1. The number of hydrogen-bond acceptors (Lipinski definition) is 3. The first-order chi connectivity index (χ1) is 12.8. The van der Waals surface area contributed by atoms with E-state index in [9.17, 15) is 14.4 Å². The van der Waals surface area contributed by atoms with E-state index in [0.29, 0.717) is 5.02 Å². The number of aryl methyl sites for hydroxylation is 2. The SMILES string of the molecule is Cc1ccc(NC(=O)CCC(=O)NNC(=O)Cc2ccc(Cl)cc2)c(C)c1. The highest BCUT2D eigenvalue weighted by atomic mass is 35.5. The lowest BCUT2D eigenvalue weighted by Crippen LogP contribution is -2.42. The summed E-state index contributed by atoms with van der Waals surface area (Å²) in [4.78, 5) is 35.6. The molecule has 3 N–H and O–H groups in total. The molecule has 0 aliphatic carbocycles. The maximum absolute atomic E-state index is 12.0. The molecule has 0 saturated carbocycles. The van der Waals surface area contributed by atoms with Crippen molar-refractivity contribution in [1.82, 2.24) is 10.9 Å². The smallest absolute Gasteiger partial charge is 0.242 e. The second-order valence-corrected chi connectivity index (χ2v) is 6.70. The van der Waals surface area contributed by atoms with E-state index in [1.165, 1.54) is 0 Å². The Balaban J connectivity index is 1.69.